The number of carbonyl (C=O) groups excluding carboxylic acids is 2. The van der Waals surface area contributed by atoms with Crippen molar-refractivity contribution in [3.8, 4) is 0 Å². The maximum absolute atomic E-state index is 12.2. The van der Waals surface area contributed by atoms with Crippen LogP contribution in [0, 0.1) is 17.0 Å². The van der Waals surface area contributed by atoms with Crippen LogP contribution in [0.1, 0.15) is 28.5 Å². The number of para-hydroxylation sites is 1. The van der Waals surface area contributed by atoms with E-state index in [1.165, 1.54) is 41.4 Å². The number of aryl methyl sites for hydroxylation is 1. The minimum Gasteiger partial charge on any atom is -0.456 e. The Morgan fingerprint density at radius 3 is 2.59 bits per heavy atom. The van der Waals surface area contributed by atoms with Gasteiger partial charge < -0.3 is 4.74 Å². The number of nitro benzene ring substituents is 1. The molecule has 148 valence electrons. The number of thiazole rings is 1. The van der Waals surface area contributed by atoms with Gasteiger partial charge in [0.25, 0.3) is 5.69 Å². The summed E-state index contributed by atoms with van der Waals surface area (Å²) in [5, 5.41) is 13.2. The second kappa shape index (κ2) is 8.61. The number of ether oxygens (including phenoxy) is 1. The van der Waals surface area contributed by atoms with Crippen LogP contribution in [0.4, 0.5) is 16.5 Å². The molecule has 9 heteroatoms. The van der Waals surface area contributed by atoms with E-state index in [1.807, 2.05) is 18.2 Å². The lowest BCUT2D eigenvalue weighted by atomic mass is 10.1. The maximum atomic E-state index is 12.2. The zero-order valence-corrected chi connectivity index (χ0v) is 16.5. The van der Waals surface area contributed by atoms with Crippen molar-refractivity contribution in [2.75, 3.05) is 4.90 Å². The molecule has 3 aromatic rings. The minimum atomic E-state index is -0.686. The van der Waals surface area contributed by atoms with Crippen LogP contribution in [-0.2, 0) is 16.1 Å². The number of carbonyl (C=O) groups is 2. The highest BCUT2D eigenvalue weighted by Gasteiger charge is 2.19. The molecule has 8 nitrogen and oxygen atoms in total. The first-order valence-electron chi connectivity index (χ1n) is 8.59. The maximum Gasteiger partial charge on any atom is 0.338 e. The molecule has 1 aromatic heterocycles. The van der Waals surface area contributed by atoms with E-state index in [1.54, 1.807) is 24.4 Å². The fourth-order valence-corrected chi connectivity index (χ4v) is 3.50. The molecular formula is C20H17N3O5S. The largest absolute Gasteiger partial charge is 0.456 e. The molecular weight excluding hydrogens is 394 g/mol. The Morgan fingerprint density at radius 1 is 1.21 bits per heavy atom. The number of nitro groups is 1. The average molecular weight is 411 g/mol. The first-order chi connectivity index (χ1) is 13.9. The van der Waals surface area contributed by atoms with E-state index < -0.39 is 10.9 Å². The quantitative estimate of drug-likeness (QED) is 0.338. The topological polar surface area (TPSA) is 103 Å². The second-order valence-electron chi connectivity index (χ2n) is 6.15. The van der Waals surface area contributed by atoms with Gasteiger partial charge in [0.2, 0.25) is 5.91 Å². The molecule has 0 aliphatic carbocycles. The zero-order chi connectivity index (χ0) is 21.0. The molecule has 0 spiro atoms. The number of anilines is 2. The summed E-state index contributed by atoms with van der Waals surface area (Å²) >= 11 is 1.25. The molecule has 2 aromatic carbocycles. The Hall–Kier alpha value is -3.59. The van der Waals surface area contributed by atoms with Crippen molar-refractivity contribution >= 4 is 39.7 Å². The molecule has 1 amide bonds. The average Bonchev–Trinajstić information content (AvgIpc) is 3.15. The van der Waals surface area contributed by atoms with Crippen LogP contribution in [0.25, 0.3) is 0 Å². The van der Waals surface area contributed by atoms with Gasteiger partial charge in [0.1, 0.15) is 6.61 Å². The third kappa shape index (κ3) is 4.64. The highest BCUT2D eigenvalue weighted by Crippen LogP contribution is 2.29. The molecule has 0 aliphatic heterocycles. The summed E-state index contributed by atoms with van der Waals surface area (Å²) in [6.07, 6.45) is 0. The Labute approximate surface area is 170 Å². The van der Waals surface area contributed by atoms with Crippen LogP contribution in [0.2, 0.25) is 0 Å². The smallest absolute Gasteiger partial charge is 0.338 e. The molecule has 29 heavy (non-hydrogen) atoms. The van der Waals surface area contributed by atoms with Crippen LogP contribution in [0.15, 0.2) is 53.9 Å². The van der Waals surface area contributed by atoms with Gasteiger partial charge in [-0.05, 0) is 25.1 Å². The standard InChI is InChI=1S/C20H17N3O5S/c1-13-8-9-15(10-18(13)23(26)27)19(25)28-11-16-12-29-20(21-16)22(14(2)24)17-6-4-3-5-7-17/h3-10,12H,11H2,1-2H3. The van der Waals surface area contributed by atoms with Gasteiger partial charge in [0.05, 0.1) is 21.9 Å². The molecule has 1 heterocycles. The Kier molecular flexibility index (Phi) is 5.99. The number of esters is 1. The van der Waals surface area contributed by atoms with E-state index in [0.29, 0.717) is 22.1 Å². The van der Waals surface area contributed by atoms with Gasteiger partial charge in [-0.15, -0.1) is 11.3 Å². The summed E-state index contributed by atoms with van der Waals surface area (Å²) < 4.78 is 5.23. The third-order valence-corrected chi connectivity index (χ3v) is 4.93. The first kappa shape index (κ1) is 20.2. The molecule has 0 aliphatic rings. The van der Waals surface area contributed by atoms with Crippen molar-refractivity contribution in [1.82, 2.24) is 4.98 Å². The minimum absolute atomic E-state index is 0.0902. The van der Waals surface area contributed by atoms with Crippen molar-refractivity contribution in [2.45, 2.75) is 20.5 Å². The van der Waals surface area contributed by atoms with E-state index in [0.717, 1.165) is 0 Å². The highest BCUT2D eigenvalue weighted by molar-refractivity contribution is 7.14. The van der Waals surface area contributed by atoms with E-state index in [4.69, 9.17) is 4.74 Å². The van der Waals surface area contributed by atoms with Crippen LogP contribution in [-0.4, -0.2) is 21.8 Å². The molecule has 0 N–H and O–H groups in total. The van der Waals surface area contributed by atoms with Gasteiger partial charge in [0.15, 0.2) is 5.13 Å². The lowest BCUT2D eigenvalue weighted by molar-refractivity contribution is -0.385. The first-order valence-corrected chi connectivity index (χ1v) is 9.47. The van der Waals surface area contributed by atoms with Gasteiger partial charge in [-0.1, -0.05) is 24.3 Å². The number of rotatable bonds is 6. The third-order valence-electron chi connectivity index (χ3n) is 4.05. The molecule has 0 atom stereocenters. The highest BCUT2D eigenvalue weighted by atomic mass is 32.1. The van der Waals surface area contributed by atoms with Crippen molar-refractivity contribution in [3.05, 3.63) is 80.8 Å². The summed E-state index contributed by atoms with van der Waals surface area (Å²) in [4.78, 5) is 40.6. The Morgan fingerprint density at radius 2 is 1.93 bits per heavy atom. The van der Waals surface area contributed by atoms with Crippen molar-refractivity contribution in [2.24, 2.45) is 0 Å². The van der Waals surface area contributed by atoms with Crippen molar-refractivity contribution in [1.29, 1.82) is 0 Å². The van der Waals surface area contributed by atoms with E-state index in [-0.39, 0.29) is 23.8 Å². The van der Waals surface area contributed by atoms with Crippen molar-refractivity contribution in [3.63, 3.8) is 0 Å². The molecule has 0 saturated heterocycles. The van der Waals surface area contributed by atoms with Crippen molar-refractivity contribution < 1.29 is 19.2 Å². The molecule has 3 rings (SSSR count). The van der Waals surface area contributed by atoms with Gasteiger partial charge in [-0.25, -0.2) is 9.78 Å². The van der Waals surface area contributed by atoms with Crippen LogP contribution < -0.4 is 4.90 Å². The summed E-state index contributed by atoms with van der Waals surface area (Å²) in [5.74, 6) is -0.879. The lowest BCUT2D eigenvalue weighted by Gasteiger charge is -2.17. The fourth-order valence-electron chi connectivity index (χ4n) is 2.63. The number of aromatic nitrogens is 1. The van der Waals surface area contributed by atoms with Gasteiger partial charge in [-0.3, -0.25) is 19.8 Å². The predicted octanol–water partition coefficient (Wildman–Crippen LogP) is 4.40. The van der Waals surface area contributed by atoms with E-state index >= 15 is 0 Å². The van der Waals surface area contributed by atoms with Gasteiger partial charge >= 0.3 is 5.97 Å². The number of hydrogen-bond donors (Lipinski definition) is 0. The Balaban J connectivity index is 1.72. The van der Waals surface area contributed by atoms with Crippen LogP contribution in [0.5, 0.6) is 0 Å². The number of amides is 1. The zero-order valence-electron chi connectivity index (χ0n) is 15.7. The number of hydrogen-bond acceptors (Lipinski definition) is 7. The summed E-state index contributed by atoms with van der Waals surface area (Å²) in [5.41, 5.74) is 1.57. The Bertz CT molecular complexity index is 1060. The fraction of sp³-hybridized carbons (Fsp3) is 0.150. The monoisotopic (exact) mass is 411 g/mol. The van der Waals surface area contributed by atoms with Crippen LogP contribution in [0.3, 0.4) is 0 Å². The van der Waals surface area contributed by atoms with Gasteiger partial charge in [-0.2, -0.15) is 0 Å². The molecule has 0 fully saturated rings. The summed E-state index contributed by atoms with van der Waals surface area (Å²) in [6, 6.07) is 13.3. The molecule has 0 unspecified atom stereocenters. The lowest BCUT2D eigenvalue weighted by Crippen LogP contribution is -2.22. The molecule has 0 saturated carbocycles. The number of benzene rings is 2. The SMILES string of the molecule is CC(=O)N(c1ccccc1)c1nc(COC(=O)c2ccc(C)c([N+](=O)[O-])c2)cs1. The summed E-state index contributed by atoms with van der Waals surface area (Å²) in [7, 11) is 0. The predicted molar refractivity (Wildman–Crippen MR) is 108 cm³/mol. The van der Waals surface area contributed by atoms with Gasteiger partial charge in [0, 0.05) is 23.9 Å². The summed E-state index contributed by atoms with van der Waals surface area (Å²) in [6.45, 7) is 2.92. The second-order valence-corrected chi connectivity index (χ2v) is 6.98. The van der Waals surface area contributed by atoms with Crippen LogP contribution >= 0.6 is 11.3 Å². The van der Waals surface area contributed by atoms with E-state index in [2.05, 4.69) is 4.98 Å². The number of nitrogens with zero attached hydrogens (tertiary/aromatic N) is 3. The normalized spacial score (nSPS) is 10.4. The molecule has 0 radical (unpaired) electrons. The van der Waals surface area contributed by atoms with E-state index in [9.17, 15) is 19.7 Å². The molecule has 0 bridgehead atoms.